The molecule has 0 heterocycles. The minimum Gasteiger partial charge on any atom is -0.507 e. The third-order valence-corrected chi connectivity index (χ3v) is 5.17. The van der Waals surface area contributed by atoms with Crippen LogP contribution in [0.5, 0.6) is 11.5 Å². The molecule has 2 aliphatic carbocycles. The van der Waals surface area contributed by atoms with E-state index in [4.69, 9.17) is 16.3 Å². The van der Waals surface area contributed by atoms with Crippen LogP contribution in [0.25, 0.3) is 0 Å². The van der Waals surface area contributed by atoms with Gasteiger partial charge in [0.15, 0.2) is 11.5 Å². The van der Waals surface area contributed by atoms with Crippen molar-refractivity contribution in [3.8, 4) is 11.5 Å². The van der Waals surface area contributed by atoms with Crippen LogP contribution in [0.15, 0.2) is 40.8 Å². The monoisotopic (exact) mass is 417 g/mol. The number of benzene rings is 1. The van der Waals surface area contributed by atoms with Crippen LogP contribution in [0.4, 0.5) is 0 Å². The topological polar surface area (TPSA) is 130 Å². The first-order valence-corrected chi connectivity index (χ1v) is 8.93. The molecule has 1 aromatic carbocycles. The van der Waals surface area contributed by atoms with Gasteiger partial charge in [0.2, 0.25) is 18.0 Å². The lowest BCUT2D eigenvalue weighted by atomic mass is 9.84. The molecule has 0 spiro atoms. The molecule has 0 fully saturated rings. The molecule has 3 rings (SSSR count). The Morgan fingerprint density at radius 2 is 1.90 bits per heavy atom. The number of hydrogen-bond acceptors (Lipinski definition) is 7. The first-order valence-electron chi connectivity index (χ1n) is 8.55. The highest BCUT2D eigenvalue weighted by Gasteiger charge is 2.31. The van der Waals surface area contributed by atoms with Crippen LogP contribution in [-0.2, 0) is 25.5 Å². The number of carbonyl (C=O) groups is 4. The van der Waals surface area contributed by atoms with E-state index < -0.39 is 23.1 Å². The first-order chi connectivity index (χ1) is 13.8. The fraction of sp³-hybridized carbons (Fsp3) is 0.200. The lowest BCUT2D eigenvalue weighted by Crippen LogP contribution is -2.28. The Kier molecular flexibility index (Phi) is 5.56. The van der Waals surface area contributed by atoms with E-state index in [-0.39, 0.29) is 52.6 Å². The summed E-state index contributed by atoms with van der Waals surface area (Å²) < 4.78 is 5.03. The van der Waals surface area contributed by atoms with Crippen molar-refractivity contribution >= 4 is 35.4 Å². The Bertz CT molecular complexity index is 1050. The Morgan fingerprint density at radius 1 is 1.17 bits per heavy atom. The van der Waals surface area contributed by atoms with Gasteiger partial charge in [-0.25, -0.2) is 0 Å². The molecule has 0 unspecified atom stereocenters. The Hall–Kier alpha value is -3.39. The van der Waals surface area contributed by atoms with E-state index in [1.54, 1.807) is 0 Å². The molecule has 1 amide bonds. The first kappa shape index (κ1) is 20.3. The number of phenolic OH excluding ortho intramolecular Hbond substituents is 2. The number of aromatic hydroxyl groups is 2. The maximum atomic E-state index is 12.8. The fourth-order valence-electron chi connectivity index (χ4n) is 3.38. The molecule has 0 bridgehead atoms. The average Bonchev–Trinajstić information content (AvgIpc) is 2.68. The number of hydrogen-bond donors (Lipinski definition) is 3. The third kappa shape index (κ3) is 3.54. The molecule has 9 heteroatoms. The Morgan fingerprint density at radius 3 is 2.55 bits per heavy atom. The second-order valence-corrected chi connectivity index (χ2v) is 6.75. The normalized spacial score (nSPS) is 17.9. The predicted molar refractivity (Wildman–Crippen MR) is 101 cm³/mol. The number of nitrogens with one attached hydrogen (secondary N) is 1. The second-order valence-electron chi connectivity index (χ2n) is 6.37. The van der Waals surface area contributed by atoms with Gasteiger partial charge in [0.05, 0.1) is 29.0 Å². The van der Waals surface area contributed by atoms with Crippen molar-refractivity contribution < 1.29 is 34.1 Å². The zero-order chi connectivity index (χ0) is 21.3. The van der Waals surface area contributed by atoms with Crippen molar-refractivity contribution in [1.82, 2.24) is 5.32 Å². The van der Waals surface area contributed by atoms with Crippen molar-refractivity contribution in [3.05, 3.63) is 57.0 Å². The van der Waals surface area contributed by atoms with Gasteiger partial charge < -0.3 is 20.3 Å². The number of carbonyl (C=O) groups excluding carboxylic acids is 4. The summed E-state index contributed by atoms with van der Waals surface area (Å²) in [6, 6.07) is 0.999. The third-order valence-electron chi connectivity index (χ3n) is 4.75. The molecule has 0 atom stereocenters. The Labute approximate surface area is 170 Å². The molecule has 1 aromatic rings. The maximum absolute atomic E-state index is 12.8. The van der Waals surface area contributed by atoms with Crippen LogP contribution in [-0.4, -0.2) is 41.1 Å². The van der Waals surface area contributed by atoms with Gasteiger partial charge >= 0.3 is 0 Å². The van der Waals surface area contributed by atoms with E-state index in [1.807, 2.05) is 0 Å². The molecule has 0 radical (unpaired) electrons. The number of ketones is 3. The molecule has 150 valence electrons. The molecule has 2 aliphatic rings. The summed E-state index contributed by atoms with van der Waals surface area (Å²) >= 11 is 6.03. The largest absolute Gasteiger partial charge is 0.507 e. The van der Waals surface area contributed by atoms with Crippen molar-refractivity contribution in [2.75, 3.05) is 7.11 Å². The van der Waals surface area contributed by atoms with Crippen LogP contribution in [0.1, 0.15) is 28.8 Å². The number of allylic oxidation sites excluding steroid dienone is 4. The highest BCUT2D eigenvalue weighted by Crippen LogP contribution is 2.41. The van der Waals surface area contributed by atoms with Gasteiger partial charge in [-0.3, -0.25) is 19.2 Å². The predicted octanol–water partition coefficient (Wildman–Crippen LogP) is 1.88. The molecule has 0 aromatic heterocycles. The lowest BCUT2D eigenvalue weighted by Gasteiger charge is -2.21. The molecule has 3 N–H and O–H groups in total. The fourth-order valence-corrected chi connectivity index (χ4v) is 3.63. The number of phenols is 2. The molecular weight excluding hydrogens is 402 g/mol. The SMILES string of the molecule is COC1=C(C/C=C2/CCc3c(Cl)c(O)cc(O)c3C2=O)C(=O)C(NC=O)=CC1=O. The van der Waals surface area contributed by atoms with E-state index in [1.165, 1.54) is 13.2 Å². The minimum absolute atomic E-state index is 0.000461. The molecule has 0 saturated heterocycles. The standard InChI is InChI=1S/C20H16ClNO7/c1-29-20-11(19(28)12(22-8-23)6-15(20)26)5-3-9-2-4-10-16(18(9)27)13(24)7-14(25)17(10)21/h3,6-8,24-25H,2,4-5H2,1H3,(H,22,23)/b9-3-. The summed E-state index contributed by atoms with van der Waals surface area (Å²) in [6.45, 7) is 0. The molecule has 0 aliphatic heterocycles. The minimum atomic E-state index is -0.593. The van der Waals surface area contributed by atoms with Crippen LogP contribution in [0.2, 0.25) is 5.02 Å². The average molecular weight is 418 g/mol. The number of ether oxygens (including phenoxy) is 1. The Balaban J connectivity index is 1.95. The quantitative estimate of drug-likeness (QED) is 0.379. The molecular formula is C20H16ClNO7. The smallest absolute Gasteiger partial charge is 0.223 e. The summed E-state index contributed by atoms with van der Waals surface area (Å²) in [5, 5.41) is 22.0. The van der Waals surface area contributed by atoms with Crippen LogP contribution < -0.4 is 5.32 Å². The summed E-state index contributed by atoms with van der Waals surface area (Å²) in [7, 11) is 1.24. The van der Waals surface area contributed by atoms with E-state index in [0.29, 0.717) is 17.6 Å². The van der Waals surface area contributed by atoms with E-state index in [2.05, 4.69) is 5.32 Å². The van der Waals surface area contributed by atoms with E-state index >= 15 is 0 Å². The van der Waals surface area contributed by atoms with Crippen LogP contribution in [0.3, 0.4) is 0 Å². The van der Waals surface area contributed by atoms with Gasteiger partial charge in [-0.05, 0) is 30.4 Å². The van der Waals surface area contributed by atoms with Gasteiger partial charge in [0.1, 0.15) is 11.5 Å². The summed E-state index contributed by atoms with van der Waals surface area (Å²) in [4.78, 5) is 48.1. The number of Topliss-reactive ketones (excluding diaryl/α,β-unsaturated/α-hetero) is 2. The van der Waals surface area contributed by atoms with Gasteiger partial charge in [0.25, 0.3) is 0 Å². The summed E-state index contributed by atoms with van der Waals surface area (Å²) in [5.41, 5.74) is 0.493. The zero-order valence-electron chi connectivity index (χ0n) is 15.2. The van der Waals surface area contributed by atoms with Crippen molar-refractivity contribution in [3.63, 3.8) is 0 Å². The van der Waals surface area contributed by atoms with Crippen molar-refractivity contribution in [2.45, 2.75) is 19.3 Å². The van der Waals surface area contributed by atoms with E-state index in [9.17, 15) is 29.4 Å². The lowest BCUT2D eigenvalue weighted by molar-refractivity contribution is -0.119. The van der Waals surface area contributed by atoms with Gasteiger partial charge in [-0.2, -0.15) is 0 Å². The maximum Gasteiger partial charge on any atom is 0.223 e. The second kappa shape index (κ2) is 7.92. The summed E-state index contributed by atoms with van der Waals surface area (Å²) in [5.74, 6) is -2.52. The van der Waals surface area contributed by atoms with Crippen molar-refractivity contribution in [2.24, 2.45) is 0 Å². The highest BCUT2D eigenvalue weighted by molar-refractivity contribution is 6.34. The summed E-state index contributed by atoms with van der Waals surface area (Å²) in [6.07, 6.45) is 3.22. The number of rotatable bonds is 5. The molecule has 8 nitrogen and oxygen atoms in total. The van der Waals surface area contributed by atoms with Crippen LogP contribution >= 0.6 is 11.6 Å². The highest BCUT2D eigenvalue weighted by atomic mass is 35.5. The van der Waals surface area contributed by atoms with E-state index in [0.717, 1.165) is 12.1 Å². The van der Waals surface area contributed by atoms with Gasteiger partial charge in [-0.15, -0.1) is 0 Å². The zero-order valence-corrected chi connectivity index (χ0v) is 16.0. The van der Waals surface area contributed by atoms with Gasteiger partial charge in [-0.1, -0.05) is 17.7 Å². The van der Waals surface area contributed by atoms with Crippen molar-refractivity contribution in [1.29, 1.82) is 0 Å². The molecule has 0 saturated carbocycles. The number of fused-ring (bicyclic) bond motifs is 1. The number of amides is 1. The molecule has 29 heavy (non-hydrogen) atoms. The number of halogens is 1. The van der Waals surface area contributed by atoms with Gasteiger partial charge in [0, 0.05) is 12.1 Å². The number of methoxy groups -OCH3 is 1. The van der Waals surface area contributed by atoms with Crippen LogP contribution in [0, 0.1) is 0 Å².